The van der Waals surface area contributed by atoms with Crippen LogP contribution in [0, 0.1) is 0 Å². The molecular formula is C19H36O6S2. The van der Waals surface area contributed by atoms with Crippen molar-refractivity contribution in [2.75, 3.05) is 24.7 Å². The highest BCUT2D eigenvalue weighted by molar-refractivity contribution is 8.18. The third-order valence-corrected chi connectivity index (χ3v) is 8.14. The van der Waals surface area contributed by atoms with Crippen LogP contribution in [0.2, 0.25) is 0 Å². The first kappa shape index (κ1) is 23.7. The van der Waals surface area contributed by atoms with Crippen molar-refractivity contribution in [3.05, 3.63) is 0 Å². The first-order chi connectivity index (χ1) is 12.9. The summed E-state index contributed by atoms with van der Waals surface area (Å²) in [6.45, 7) is 4.26. The molecular weight excluding hydrogens is 388 g/mol. The van der Waals surface area contributed by atoms with E-state index in [1.165, 1.54) is 0 Å². The summed E-state index contributed by atoms with van der Waals surface area (Å²) in [5.41, 5.74) is 0. The summed E-state index contributed by atoms with van der Waals surface area (Å²) < 4.78 is 12.6. The van der Waals surface area contributed by atoms with Crippen LogP contribution in [0.25, 0.3) is 0 Å². The smallest absolute Gasteiger partial charge is 0.173 e. The molecule has 2 aliphatic heterocycles. The Morgan fingerprint density at radius 3 is 2.30 bits per heavy atom. The Hall–Kier alpha value is 0.460. The molecule has 0 bridgehead atoms. The van der Waals surface area contributed by atoms with E-state index in [9.17, 15) is 15.3 Å². The first-order valence-corrected chi connectivity index (χ1v) is 12.1. The lowest BCUT2D eigenvalue weighted by Gasteiger charge is -2.53. The Bertz CT molecular complexity index is 434. The number of hydrogen-bond donors (Lipinski definition) is 4. The standard InChI is InChI=1S/C19H36O6S2/c1-3-26-19(27-4-2)12-17(9-14(22)5-7-20)25-18(13-19)11-15(23)10-16(24-18)6-8-21/h14-17,20-23H,3-13H2,1-2H3/t14-,15+,16-,17+,18+/m1/s1. The van der Waals surface area contributed by atoms with Crippen LogP contribution in [0.4, 0.5) is 0 Å². The summed E-state index contributed by atoms with van der Waals surface area (Å²) in [7, 11) is 0. The molecule has 2 rings (SSSR count). The van der Waals surface area contributed by atoms with Crippen LogP contribution in [-0.4, -0.2) is 79.4 Å². The zero-order valence-corrected chi connectivity index (χ0v) is 18.1. The fourth-order valence-corrected chi connectivity index (χ4v) is 7.71. The van der Waals surface area contributed by atoms with Gasteiger partial charge in [-0.05, 0) is 43.6 Å². The minimum absolute atomic E-state index is 0.0185. The zero-order valence-electron chi connectivity index (χ0n) is 16.5. The SMILES string of the molecule is CCSC1(SCC)C[C@H](C[C@H](O)CCO)O[C@@]2(C[C@@H](O)C[C@@H](CCO)O2)C1. The lowest BCUT2D eigenvalue weighted by atomic mass is 9.88. The monoisotopic (exact) mass is 424 g/mol. The van der Waals surface area contributed by atoms with Gasteiger partial charge in [-0.1, -0.05) is 13.8 Å². The van der Waals surface area contributed by atoms with Gasteiger partial charge in [0.2, 0.25) is 0 Å². The molecule has 0 unspecified atom stereocenters. The van der Waals surface area contributed by atoms with Crippen molar-refractivity contribution in [2.24, 2.45) is 0 Å². The highest BCUT2D eigenvalue weighted by Crippen LogP contribution is 2.54. The van der Waals surface area contributed by atoms with Crippen LogP contribution < -0.4 is 0 Å². The Morgan fingerprint density at radius 1 is 1.04 bits per heavy atom. The maximum atomic E-state index is 10.5. The summed E-state index contributed by atoms with van der Waals surface area (Å²) in [6.07, 6.45) is 2.11. The van der Waals surface area contributed by atoms with Crippen molar-refractivity contribution in [3.8, 4) is 0 Å². The van der Waals surface area contributed by atoms with Crippen molar-refractivity contribution in [1.82, 2.24) is 0 Å². The van der Waals surface area contributed by atoms with Crippen molar-refractivity contribution in [2.45, 2.75) is 93.1 Å². The molecule has 0 aromatic heterocycles. The molecule has 0 saturated carbocycles. The van der Waals surface area contributed by atoms with Crippen LogP contribution in [0.3, 0.4) is 0 Å². The molecule has 2 aliphatic rings. The zero-order chi connectivity index (χ0) is 19.9. The van der Waals surface area contributed by atoms with Gasteiger partial charge in [-0.25, -0.2) is 0 Å². The van der Waals surface area contributed by atoms with Crippen LogP contribution >= 0.6 is 23.5 Å². The van der Waals surface area contributed by atoms with Crippen LogP contribution in [0.15, 0.2) is 0 Å². The molecule has 0 amide bonds. The third kappa shape index (κ3) is 6.74. The van der Waals surface area contributed by atoms with Gasteiger partial charge in [-0.15, -0.1) is 23.5 Å². The Balaban J connectivity index is 2.25. The van der Waals surface area contributed by atoms with E-state index in [1.54, 1.807) is 0 Å². The molecule has 2 heterocycles. The van der Waals surface area contributed by atoms with Gasteiger partial charge in [0.15, 0.2) is 5.79 Å². The molecule has 0 aliphatic carbocycles. The fraction of sp³-hybridized carbons (Fsp3) is 1.00. The fourth-order valence-electron chi connectivity index (χ4n) is 4.36. The predicted octanol–water partition coefficient (Wildman–Crippen LogP) is 2.12. The Labute approximate surface area is 171 Å². The summed E-state index contributed by atoms with van der Waals surface area (Å²) in [5.74, 6) is 1.05. The maximum Gasteiger partial charge on any atom is 0.173 e. The summed E-state index contributed by atoms with van der Waals surface area (Å²) in [6, 6.07) is 0. The van der Waals surface area contributed by atoms with Gasteiger partial charge >= 0.3 is 0 Å². The molecule has 1 spiro atoms. The molecule has 4 N–H and O–H groups in total. The second-order valence-electron chi connectivity index (χ2n) is 7.56. The van der Waals surface area contributed by atoms with Crippen LogP contribution in [0.1, 0.15) is 58.8 Å². The van der Waals surface area contributed by atoms with E-state index in [4.69, 9.17) is 14.6 Å². The molecule has 0 aromatic rings. The molecule has 8 heteroatoms. The molecule has 2 saturated heterocycles. The van der Waals surface area contributed by atoms with E-state index < -0.39 is 18.0 Å². The number of aliphatic hydroxyl groups is 4. The number of rotatable bonds is 10. The first-order valence-electron chi connectivity index (χ1n) is 10.1. The van der Waals surface area contributed by atoms with Gasteiger partial charge in [0, 0.05) is 26.1 Å². The van der Waals surface area contributed by atoms with Gasteiger partial charge in [0.1, 0.15) is 0 Å². The molecule has 0 radical (unpaired) electrons. The third-order valence-electron chi connectivity index (χ3n) is 5.18. The van der Waals surface area contributed by atoms with Gasteiger partial charge < -0.3 is 29.9 Å². The number of ether oxygens (including phenoxy) is 2. The van der Waals surface area contributed by atoms with Gasteiger partial charge in [-0.3, -0.25) is 0 Å². The van der Waals surface area contributed by atoms with Crippen molar-refractivity contribution >= 4 is 23.5 Å². The molecule has 160 valence electrons. The van der Waals surface area contributed by atoms with E-state index in [0.717, 1.165) is 17.9 Å². The lowest BCUT2D eigenvalue weighted by molar-refractivity contribution is -0.330. The minimum atomic E-state index is -0.885. The predicted molar refractivity (Wildman–Crippen MR) is 110 cm³/mol. The van der Waals surface area contributed by atoms with Gasteiger partial charge in [0.05, 0.1) is 28.5 Å². The van der Waals surface area contributed by atoms with Gasteiger partial charge in [0.25, 0.3) is 0 Å². The normalized spacial score (nSPS) is 34.7. The second kappa shape index (κ2) is 11.0. The van der Waals surface area contributed by atoms with Gasteiger partial charge in [-0.2, -0.15) is 0 Å². The highest BCUT2D eigenvalue weighted by Gasteiger charge is 2.54. The number of aliphatic hydroxyl groups excluding tert-OH is 4. The Morgan fingerprint density at radius 2 is 1.70 bits per heavy atom. The molecule has 6 nitrogen and oxygen atoms in total. The van der Waals surface area contributed by atoms with Crippen molar-refractivity contribution < 1.29 is 29.9 Å². The van der Waals surface area contributed by atoms with Crippen molar-refractivity contribution in [3.63, 3.8) is 0 Å². The molecule has 5 atom stereocenters. The minimum Gasteiger partial charge on any atom is -0.396 e. The summed E-state index contributed by atoms with van der Waals surface area (Å²) in [4.78, 5) is 0. The Kier molecular flexibility index (Phi) is 9.68. The van der Waals surface area contributed by atoms with Crippen molar-refractivity contribution in [1.29, 1.82) is 0 Å². The highest BCUT2D eigenvalue weighted by atomic mass is 32.2. The average molecular weight is 425 g/mol. The summed E-state index contributed by atoms with van der Waals surface area (Å²) in [5, 5.41) is 39.1. The largest absolute Gasteiger partial charge is 0.396 e. The maximum absolute atomic E-state index is 10.5. The second-order valence-corrected chi connectivity index (χ2v) is 11.1. The van der Waals surface area contributed by atoms with E-state index in [1.807, 2.05) is 23.5 Å². The van der Waals surface area contributed by atoms with Crippen LogP contribution in [-0.2, 0) is 9.47 Å². The number of hydrogen-bond acceptors (Lipinski definition) is 8. The van der Waals surface area contributed by atoms with E-state index in [-0.39, 0.29) is 29.5 Å². The van der Waals surface area contributed by atoms with Crippen LogP contribution in [0.5, 0.6) is 0 Å². The molecule has 27 heavy (non-hydrogen) atoms. The van der Waals surface area contributed by atoms with E-state index in [0.29, 0.717) is 38.5 Å². The summed E-state index contributed by atoms with van der Waals surface area (Å²) >= 11 is 3.79. The molecule has 2 fully saturated rings. The average Bonchev–Trinajstić information content (AvgIpc) is 2.54. The number of thioether (sulfide) groups is 2. The van der Waals surface area contributed by atoms with E-state index in [2.05, 4.69) is 13.8 Å². The topological polar surface area (TPSA) is 99.4 Å². The molecule has 0 aromatic carbocycles. The van der Waals surface area contributed by atoms with E-state index >= 15 is 0 Å². The lowest BCUT2D eigenvalue weighted by Crippen LogP contribution is -2.57. The quantitative estimate of drug-likeness (QED) is 0.396.